The molecule has 0 spiro atoms. The van der Waals surface area contributed by atoms with Gasteiger partial charge in [0.05, 0.1) is 42.5 Å². The van der Waals surface area contributed by atoms with E-state index in [0.29, 0.717) is 17.6 Å². The minimum atomic E-state index is -0.610. The number of nitrogens with zero attached hydrogens (tertiary/aromatic N) is 2. The molecule has 4 atom stereocenters. The van der Waals surface area contributed by atoms with Crippen molar-refractivity contribution in [1.82, 2.24) is 14.9 Å². The number of fused-ring (bicyclic) bond motifs is 2. The van der Waals surface area contributed by atoms with E-state index < -0.39 is 6.10 Å². The smallest absolute Gasteiger partial charge is 0.295 e. The Labute approximate surface area is 196 Å². The van der Waals surface area contributed by atoms with E-state index in [4.69, 9.17) is 30.5 Å². The topological polar surface area (TPSA) is 89.1 Å². The maximum absolute atomic E-state index is 9.92. The Kier molecular flexibility index (Phi) is 5.73. The molecule has 3 fully saturated rings. The molecule has 3 aliphatic heterocycles. The van der Waals surface area contributed by atoms with Crippen molar-refractivity contribution in [2.75, 3.05) is 39.5 Å². The van der Waals surface area contributed by atoms with Gasteiger partial charge in [-0.05, 0) is 23.3 Å². The maximum atomic E-state index is 9.92. The number of halogens is 1. The molecule has 33 heavy (non-hydrogen) atoms. The number of H-pyrrole nitrogens is 1. The van der Waals surface area contributed by atoms with E-state index in [-0.39, 0.29) is 24.9 Å². The van der Waals surface area contributed by atoms with Gasteiger partial charge in [0.2, 0.25) is 0 Å². The van der Waals surface area contributed by atoms with Crippen LogP contribution in [0, 0.1) is 0 Å². The van der Waals surface area contributed by atoms with Gasteiger partial charge >= 0.3 is 0 Å². The lowest BCUT2D eigenvalue weighted by molar-refractivity contribution is 0.00706. The summed E-state index contributed by atoms with van der Waals surface area (Å²) in [5.74, 6) is 0. The number of rotatable bonds is 5. The summed E-state index contributed by atoms with van der Waals surface area (Å²) < 4.78 is 22.7. The zero-order valence-corrected chi connectivity index (χ0v) is 18.8. The lowest BCUT2D eigenvalue weighted by Gasteiger charge is -2.26. The minimum Gasteiger partial charge on any atom is -0.456 e. The van der Waals surface area contributed by atoms with Crippen LogP contribution in [0.2, 0.25) is 5.02 Å². The Bertz CT molecular complexity index is 1130. The maximum Gasteiger partial charge on any atom is 0.295 e. The Morgan fingerprint density at radius 2 is 1.88 bits per heavy atom. The van der Waals surface area contributed by atoms with Crippen LogP contribution in [0.3, 0.4) is 0 Å². The van der Waals surface area contributed by atoms with Crippen LogP contribution in [0.5, 0.6) is 6.01 Å². The highest BCUT2D eigenvalue weighted by molar-refractivity contribution is 6.34. The summed E-state index contributed by atoms with van der Waals surface area (Å²) in [6, 6.07) is 12.7. The Morgan fingerprint density at radius 1 is 1.09 bits per heavy atom. The molecule has 9 heteroatoms. The first-order valence-corrected chi connectivity index (χ1v) is 11.7. The fourth-order valence-corrected chi connectivity index (χ4v) is 5.05. The second-order valence-electron chi connectivity index (χ2n) is 8.80. The average Bonchev–Trinajstić information content (AvgIpc) is 3.51. The minimum absolute atomic E-state index is 0.263. The molecule has 3 aromatic rings. The van der Waals surface area contributed by atoms with E-state index in [0.717, 1.165) is 55.0 Å². The molecule has 3 saturated heterocycles. The number of aromatic amines is 1. The molecule has 0 unspecified atom stereocenters. The van der Waals surface area contributed by atoms with Crippen LogP contribution in [0.1, 0.15) is 5.56 Å². The van der Waals surface area contributed by atoms with Gasteiger partial charge in [-0.25, -0.2) is 0 Å². The molecular weight excluding hydrogens is 446 g/mol. The highest BCUT2D eigenvalue weighted by Crippen LogP contribution is 2.34. The summed E-state index contributed by atoms with van der Waals surface area (Å²) in [6.07, 6.45) is -1.56. The summed E-state index contributed by atoms with van der Waals surface area (Å²) >= 11 is 6.62. The number of ether oxygens (including phenoxy) is 4. The van der Waals surface area contributed by atoms with Crippen LogP contribution in [-0.4, -0.2) is 83.9 Å². The number of hydrogen-bond donors (Lipinski definition) is 2. The van der Waals surface area contributed by atoms with E-state index >= 15 is 0 Å². The molecule has 0 amide bonds. The van der Waals surface area contributed by atoms with Crippen molar-refractivity contribution in [3.63, 3.8) is 0 Å². The first kappa shape index (κ1) is 21.3. The quantitative estimate of drug-likeness (QED) is 0.591. The summed E-state index contributed by atoms with van der Waals surface area (Å²) in [7, 11) is 0. The van der Waals surface area contributed by atoms with Gasteiger partial charge < -0.3 is 29.0 Å². The number of benzene rings is 2. The second kappa shape index (κ2) is 8.87. The molecule has 0 saturated carbocycles. The molecule has 1 aromatic heterocycles. The molecule has 2 N–H and O–H groups in total. The standard InChI is InChI=1S/C24H26ClN3O5/c25-17-10-19-18(26-24(27-19)33-21-13-32-22-20(29)12-31-23(21)22)9-16(17)15-3-1-14(2-4-15)11-28-5-7-30-8-6-28/h1-4,9-10,20-23,29H,5-8,11-13H2,(H,26,27)/t20-,21-,22-,23-/m1/s1. The Morgan fingerprint density at radius 3 is 2.70 bits per heavy atom. The predicted molar refractivity (Wildman–Crippen MR) is 123 cm³/mol. The van der Waals surface area contributed by atoms with E-state index in [9.17, 15) is 5.11 Å². The third-order valence-corrected chi connectivity index (χ3v) is 6.88. The Hall–Kier alpha value is -2.20. The number of aliphatic hydroxyl groups excluding tert-OH is 1. The summed E-state index contributed by atoms with van der Waals surface area (Å²) in [6.45, 7) is 5.07. The van der Waals surface area contributed by atoms with Crippen LogP contribution in [-0.2, 0) is 20.8 Å². The molecule has 2 aromatic carbocycles. The summed E-state index contributed by atoms with van der Waals surface area (Å²) in [4.78, 5) is 10.2. The number of aliphatic hydroxyl groups is 1. The molecule has 0 aliphatic carbocycles. The van der Waals surface area contributed by atoms with E-state index in [2.05, 4.69) is 39.1 Å². The first-order valence-electron chi connectivity index (χ1n) is 11.3. The van der Waals surface area contributed by atoms with Gasteiger partial charge in [0.25, 0.3) is 6.01 Å². The van der Waals surface area contributed by atoms with Crippen LogP contribution in [0.4, 0.5) is 0 Å². The van der Waals surface area contributed by atoms with Gasteiger partial charge in [0.15, 0.2) is 6.10 Å². The van der Waals surface area contributed by atoms with Gasteiger partial charge in [-0.2, -0.15) is 4.98 Å². The second-order valence-corrected chi connectivity index (χ2v) is 9.20. The fraction of sp³-hybridized carbons (Fsp3) is 0.458. The molecule has 0 bridgehead atoms. The Balaban J connectivity index is 1.19. The van der Waals surface area contributed by atoms with Crippen molar-refractivity contribution in [2.45, 2.75) is 31.0 Å². The number of imidazole rings is 1. The normalized spacial score (nSPS) is 27.8. The number of nitrogens with one attached hydrogen (secondary N) is 1. The third kappa shape index (κ3) is 4.23. The van der Waals surface area contributed by atoms with E-state index in [1.807, 2.05) is 12.1 Å². The van der Waals surface area contributed by atoms with Gasteiger partial charge in [-0.1, -0.05) is 35.9 Å². The van der Waals surface area contributed by atoms with E-state index in [1.54, 1.807) is 0 Å². The van der Waals surface area contributed by atoms with E-state index in [1.165, 1.54) is 5.56 Å². The summed E-state index contributed by atoms with van der Waals surface area (Å²) in [5, 5.41) is 10.6. The number of hydrogen-bond acceptors (Lipinski definition) is 7. The first-order chi connectivity index (χ1) is 16.1. The molecule has 3 aliphatic rings. The number of morpholine rings is 1. The van der Waals surface area contributed by atoms with Crippen molar-refractivity contribution < 1.29 is 24.1 Å². The largest absolute Gasteiger partial charge is 0.456 e. The highest BCUT2D eigenvalue weighted by atomic mass is 35.5. The SMILES string of the molecule is O[C@@H]1CO[C@H]2[C@@H]1OC[C@H]2Oc1nc2cc(-c3ccc(CN4CCOCC4)cc3)c(Cl)cc2[nH]1. The van der Waals surface area contributed by atoms with Crippen molar-refractivity contribution in [1.29, 1.82) is 0 Å². The highest BCUT2D eigenvalue weighted by Gasteiger charge is 2.48. The molecule has 4 heterocycles. The molecule has 8 nitrogen and oxygen atoms in total. The predicted octanol–water partition coefficient (Wildman–Crippen LogP) is 2.62. The van der Waals surface area contributed by atoms with Gasteiger partial charge in [-0.3, -0.25) is 4.90 Å². The molecule has 0 radical (unpaired) electrons. The van der Waals surface area contributed by atoms with Crippen LogP contribution >= 0.6 is 11.6 Å². The lowest BCUT2D eigenvalue weighted by atomic mass is 10.0. The van der Waals surface area contributed by atoms with Crippen molar-refractivity contribution >= 4 is 22.6 Å². The van der Waals surface area contributed by atoms with Crippen molar-refractivity contribution in [3.05, 3.63) is 47.0 Å². The number of aromatic nitrogens is 2. The monoisotopic (exact) mass is 471 g/mol. The zero-order chi connectivity index (χ0) is 22.4. The fourth-order valence-electron chi connectivity index (χ4n) is 4.78. The third-order valence-electron chi connectivity index (χ3n) is 6.57. The lowest BCUT2D eigenvalue weighted by Crippen LogP contribution is -2.35. The van der Waals surface area contributed by atoms with Crippen molar-refractivity contribution in [3.8, 4) is 17.1 Å². The van der Waals surface area contributed by atoms with Crippen LogP contribution < -0.4 is 4.74 Å². The van der Waals surface area contributed by atoms with Crippen LogP contribution in [0.25, 0.3) is 22.2 Å². The van der Waals surface area contributed by atoms with Gasteiger partial charge in [-0.15, -0.1) is 0 Å². The average molecular weight is 472 g/mol. The molecule has 6 rings (SSSR count). The van der Waals surface area contributed by atoms with Crippen LogP contribution in [0.15, 0.2) is 36.4 Å². The summed E-state index contributed by atoms with van der Waals surface area (Å²) in [5.41, 5.74) is 4.80. The zero-order valence-electron chi connectivity index (χ0n) is 18.1. The molecular formula is C24H26ClN3O5. The van der Waals surface area contributed by atoms with Crippen molar-refractivity contribution in [2.24, 2.45) is 0 Å². The molecule has 174 valence electrons. The van der Waals surface area contributed by atoms with Gasteiger partial charge in [0, 0.05) is 25.2 Å². The van der Waals surface area contributed by atoms with Gasteiger partial charge in [0.1, 0.15) is 18.3 Å².